The van der Waals surface area contributed by atoms with Gasteiger partial charge < -0.3 is 20.7 Å². The minimum absolute atomic E-state index is 0. The van der Waals surface area contributed by atoms with Gasteiger partial charge in [0.25, 0.3) is 0 Å². The molecule has 0 radical (unpaired) electrons. The third kappa shape index (κ3) is 8.35. The number of nitrogens with two attached hydrogens (primary N) is 1. The summed E-state index contributed by atoms with van der Waals surface area (Å²) in [7, 11) is 3.21. The Bertz CT molecular complexity index is 290. The summed E-state index contributed by atoms with van der Waals surface area (Å²) in [6.45, 7) is 5.11. The highest BCUT2D eigenvalue weighted by molar-refractivity contribution is 5.87. The highest BCUT2D eigenvalue weighted by Crippen LogP contribution is 2.07. The molecule has 0 aromatic rings. The van der Waals surface area contributed by atoms with Crippen LogP contribution in [0.15, 0.2) is 0 Å². The fourth-order valence-electron chi connectivity index (χ4n) is 1.55. The smallest absolute Gasteiger partial charge is 0.239 e. The van der Waals surface area contributed by atoms with Crippen LogP contribution in [-0.4, -0.2) is 56.6 Å². The second kappa shape index (κ2) is 11.9. The number of likely N-dealkylation sites (N-methyl/N-ethyl adjacent to an activating group) is 1. The minimum atomic E-state index is -0.545. The van der Waals surface area contributed by atoms with Crippen LogP contribution < -0.4 is 11.1 Å². The number of hydrogen-bond donors (Lipinski definition) is 2. The number of halogens is 1. The molecule has 120 valence electrons. The van der Waals surface area contributed by atoms with Crippen molar-refractivity contribution in [1.29, 1.82) is 0 Å². The lowest BCUT2D eigenvalue weighted by Gasteiger charge is -2.24. The Morgan fingerprint density at radius 1 is 1.40 bits per heavy atom. The van der Waals surface area contributed by atoms with E-state index in [2.05, 4.69) is 5.32 Å². The van der Waals surface area contributed by atoms with Gasteiger partial charge in [-0.1, -0.05) is 20.3 Å². The molecule has 0 aromatic carbocycles. The van der Waals surface area contributed by atoms with Crippen molar-refractivity contribution in [3.63, 3.8) is 0 Å². The van der Waals surface area contributed by atoms with E-state index in [0.29, 0.717) is 13.2 Å². The number of carbonyl (C=O) groups excluding carboxylic acids is 2. The molecule has 20 heavy (non-hydrogen) atoms. The van der Waals surface area contributed by atoms with Gasteiger partial charge in [-0.2, -0.15) is 0 Å². The maximum atomic E-state index is 12.0. The third-order valence-electron chi connectivity index (χ3n) is 3.15. The quantitative estimate of drug-likeness (QED) is 0.604. The molecule has 0 aromatic heterocycles. The molecule has 2 unspecified atom stereocenters. The molecule has 0 fully saturated rings. The number of nitrogens with zero attached hydrogens (tertiary/aromatic N) is 1. The first-order valence-corrected chi connectivity index (χ1v) is 6.70. The number of amides is 2. The van der Waals surface area contributed by atoms with E-state index in [1.807, 2.05) is 13.8 Å². The predicted molar refractivity (Wildman–Crippen MR) is 81.8 cm³/mol. The van der Waals surface area contributed by atoms with E-state index in [-0.39, 0.29) is 36.7 Å². The zero-order valence-corrected chi connectivity index (χ0v) is 13.7. The van der Waals surface area contributed by atoms with Crippen LogP contribution in [0.5, 0.6) is 0 Å². The first kappa shape index (κ1) is 21.4. The summed E-state index contributed by atoms with van der Waals surface area (Å²) in [4.78, 5) is 24.9. The molecule has 0 aliphatic heterocycles. The molecule has 2 amide bonds. The van der Waals surface area contributed by atoms with Gasteiger partial charge in [0, 0.05) is 27.3 Å². The van der Waals surface area contributed by atoms with E-state index in [9.17, 15) is 9.59 Å². The fraction of sp³-hybridized carbons (Fsp3) is 0.846. The Labute approximate surface area is 127 Å². The SMILES string of the molecule is CCC(C)C(N)C(=O)N(C)CC(=O)NCCCOC.Cl. The number of ether oxygens (including phenoxy) is 1. The lowest BCUT2D eigenvalue weighted by atomic mass is 9.99. The van der Waals surface area contributed by atoms with Gasteiger partial charge in [-0.05, 0) is 12.3 Å². The molecule has 0 aliphatic rings. The van der Waals surface area contributed by atoms with Crippen molar-refractivity contribution < 1.29 is 14.3 Å². The van der Waals surface area contributed by atoms with Crippen molar-refractivity contribution in [2.45, 2.75) is 32.7 Å². The standard InChI is InChI=1S/C13H27N3O3.ClH/c1-5-10(2)12(14)13(18)16(3)9-11(17)15-7-6-8-19-4;/h10,12H,5-9,14H2,1-4H3,(H,15,17);1H. The summed E-state index contributed by atoms with van der Waals surface area (Å²) in [5.41, 5.74) is 5.85. The number of carbonyl (C=O) groups is 2. The molecule has 0 heterocycles. The highest BCUT2D eigenvalue weighted by Gasteiger charge is 2.23. The Hall–Kier alpha value is -0.850. The molecule has 7 heteroatoms. The van der Waals surface area contributed by atoms with Crippen LogP contribution in [0.1, 0.15) is 26.7 Å². The maximum absolute atomic E-state index is 12.0. The van der Waals surface area contributed by atoms with Crippen LogP contribution >= 0.6 is 12.4 Å². The molecule has 2 atom stereocenters. The average molecular weight is 310 g/mol. The molecule has 0 bridgehead atoms. The van der Waals surface area contributed by atoms with Crippen LogP contribution in [0.3, 0.4) is 0 Å². The van der Waals surface area contributed by atoms with Crippen LogP contribution in [0.25, 0.3) is 0 Å². The lowest BCUT2D eigenvalue weighted by molar-refractivity contribution is -0.136. The second-order valence-corrected chi connectivity index (χ2v) is 4.80. The Morgan fingerprint density at radius 3 is 2.50 bits per heavy atom. The van der Waals surface area contributed by atoms with Gasteiger partial charge in [0.05, 0.1) is 12.6 Å². The van der Waals surface area contributed by atoms with Gasteiger partial charge in [-0.3, -0.25) is 9.59 Å². The van der Waals surface area contributed by atoms with Crippen molar-refractivity contribution in [1.82, 2.24) is 10.2 Å². The Balaban J connectivity index is 0. The van der Waals surface area contributed by atoms with Crippen LogP contribution in [0.4, 0.5) is 0 Å². The Morgan fingerprint density at radius 2 is 2.00 bits per heavy atom. The average Bonchev–Trinajstić information content (AvgIpc) is 2.40. The summed E-state index contributed by atoms with van der Waals surface area (Å²) in [6.07, 6.45) is 1.59. The number of nitrogens with one attached hydrogen (secondary N) is 1. The summed E-state index contributed by atoms with van der Waals surface area (Å²) in [6, 6.07) is -0.545. The normalized spacial score (nSPS) is 13.1. The van der Waals surface area contributed by atoms with E-state index in [1.165, 1.54) is 4.90 Å². The van der Waals surface area contributed by atoms with Crippen molar-refractivity contribution in [3.8, 4) is 0 Å². The van der Waals surface area contributed by atoms with Gasteiger partial charge in [0.1, 0.15) is 0 Å². The molecular formula is C13H28ClN3O3. The molecule has 0 rings (SSSR count). The molecule has 0 spiro atoms. The van der Waals surface area contributed by atoms with E-state index in [4.69, 9.17) is 10.5 Å². The predicted octanol–water partition coefficient (Wildman–Crippen LogP) is 0.393. The number of methoxy groups -OCH3 is 1. The monoisotopic (exact) mass is 309 g/mol. The largest absolute Gasteiger partial charge is 0.385 e. The van der Waals surface area contributed by atoms with E-state index in [0.717, 1.165) is 12.8 Å². The summed E-state index contributed by atoms with van der Waals surface area (Å²) in [5, 5.41) is 2.73. The molecule has 3 N–H and O–H groups in total. The fourth-order valence-corrected chi connectivity index (χ4v) is 1.55. The van der Waals surface area contributed by atoms with Gasteiger partial charge in [-0.25, -0.2) is 0 Å². The first-order chi connectivity index (χ1) is 8.93. The van der Waals surface area contributed by atoms with Crippen molar-refractivity contribution in [2.24, 2.45) is 11.7 Å². The topological polar surface area (TPSA) is 84.7 Å². The van der Waals surface area contributed by atoms with Gasteiger partial charge in [0.2, 0.25) is 11.8 Å². The minimum Gasteiger partial charge on any atom is -0.385 e. The van der Waals surface area contributed by atoms with Crippen LogP contribution in [0.2, 0.25) is 0 Å². The van der Waals surface area contributed by atoms with E-state index < -0.39 is 6.04 Å². The Kier molecular flexibility index (Phi) is 12.8. The molecule has 0 saturated carbocycles. The van der Waals surface area contributed by atoms with Crippen molar-refractivity contribution in [3.05, 3.63) is 0 Å². The summed E-state index contributed by atoms with van der Waals surface area (Å²) in [5.74, 6) is -0.260. The second-order valence-electron chi connectivity index (χ2n) is 4.80. The van der Waals surface area contributed by atoms with E-state index in [1.54, 1.807) is 14.2 Å². The van der Waals surface area contributed by atoms with Gasteiger partial charge in [-0.15, -0.1) is 12.4 Å². The number of hydrogen-bond acceptors (Lipinski definition) is 4. The third-order valence-corrected chi connectivity index (χ3v) is 3.15. The van der Waals surface area contributed by atoms with E-state index >= 15 is 0 Å². The van der Waals surface area contributed by atoms with Crippen molar-refractivity contribution >= 4 is 24.2 Å². The zero-order chi connectivity index (χ0) is 14.8. The number of rotatable bonds is 9. The summed E-state index contributed by atoms with van der Waals surface area (Å²) >= 11 is 0. The zero-order valence-electron chi connectivity index (χ0n) is 12.8. The lowest BCUT2D eigenvalue weighted by Crippen LogP contribution is -2.48. The van der Waals surface area contributed by atoms with Crippen LogP contribution in [-0.2, 0) is 14.3 Å². The molecule has 6 nitrogen and oxygen atoms in total. The molecular weight excluding hydrogens is 282 g/mol. The summed E-state index contributed by atoms with van der Waals surface area (Å²) < 4.78 is 4.88. The van der Waals surface area contributed by atoms with Crippen molar-refractivity contribution in [2.75, 3.05) is 33.9 Å². The van der Waals surface area contributed by atoms with Gasteiger partial charge in [0.15, 0.2) is 0 Å². The van der Waals surface area contributed by atoms with Gasteiger partial charge >= 0.3 is 0 Å². The van der Waals surface area contributed by atoms with Crippen LogP contribution in [0, 0.1) is 5.92 Å². The first-order valence-electron chi connectivity index (χ1n) is 6.70. The highest BCUT2D eigenvalue weighted by atomic mass is 35.5. The molecule has 0 saturated heterocycles. The molecule has 0 aliphatic carbocycles. The maximum Gasteiger partial charge on any atom is 0.239 e.